The predicted molar refractivity (Wildman–Crippen MR) is 217 cm³/mol. The standard InChI is InChI=1S/C19H28BrNSi.C11H19ClSi.C8H9BrN.Li/c1-11-9-12(2)18(17(20)10-11)21-22(7,8)19-15(5)13(3)14(4)16(19)6;1-7-8(2)10(4)11(9(7)3)13(5,6)12;1-5-3-6(2)8(10)7(9)4-5;/h9-10,19,21H,1-8H3;11H,1-6H3;3-4,10H,1-2H3;/q;;-1;+1. The van der Waals surface area contributed by atoms with Crippen molar-refractivity contribution in [2.75, 3.05) is 4.98 Å². The number of anilines is 1. The van der Waals surface area contributed by atoms with Crippen molar-refractivity contribution in [1.29, 1.82) is 0 Å². The number of aryl methyl sites for hydroxylation is 4. The van der Waals surface area contributed by atoms with E-state index in [-0.39, 0.29) is 18.9 Å². The third-order valence-electron chi connectivity index (χ3n) is 9.94. The van der Waals surface area contributed by atoms with Gasteiger partial charge in [-0.05, 0) is 150 Å². The van der Waals surface area contributed by atoms with Crippen molar-refractivity contribution in [1.82, 2.24) is 0 Å². The first-order valence-corrected chi connectivity index (χ1v) is 24.6. The monoisotopic (exact) mass is 796 g/mol. The van der Waals surface area contributed by atoms with E-state index in [1.807, 2.05) is 26.0 Å². The largest absolute Gasteiger partial charge is 1.00 e. The first kappa shape index (κ1) is 43.3. The SMILES string of the molecule is CC1=C(C)C([Si](C)(C)Cl)C(C)=C1C.CC1=C(C)C([Si](C)(C)Nc2c(C)cc(C)cc2Br)C(C)=C1C.Cc1cc(C)c([NH-])c(Br)c1.[Li+]. The van der Waals surface area contributed by atoms with E-state index < -0.39 is 15.6 Å². The molecule has 4 rings (SSSR count). The van der Waals surface area contributed by atoms with E-state index in [0.717, 1.165) is 10.0 Å². The van der Waals surface area contributed by atoms with Crippen LogP contribution in [0, 0.1) is 27.7 Å². The maximum Gasteiger partial charge on any atom is 1.00 e. The van der Waals surface area contributed by atoms with Crippen LogP contribution in [0.5, 0.6) is 0 Å². The Balaban J connectivity index is 0.000000375. The molecule has 2 aliphatic carbocycles. The quantitative estimate of drug-likeness (QED) is 0.243. The van der Waals surface area contributed by atoms with Gasteiger partial charge >= 0.3 is 18.9 Å². The molecule has 0 heterocycles. The zero-order chi connectivity index (χ0) is 34.9. The first-order chi connectivity index (χ1) is 20.4. The van der Waals surface area contributed by atoms with Crippen molar-refractivity contribution >= 4 is 69.9 Å². The molecule has 0 bridgehead atoms. The van der Waals surface area contributed by atoms with Gasteiger partial charge in [-0.3, -0.25) is 0 Å². The molecule has 0 spiro atoms. The molecule has 0 aromatic heterocycles. The van der Waals surface area contributed by atoms with E-state index in [0.29, 0.717) is 16.8 Å². The second kappa shape index (κ2) is 16.8. The summed E-state index contributed by atoms with van der Waals surface area (Å²) in [5.74, 6) is 0. The van der Waals surface area contributed by atoms with Crippen molar-refractivity contribution in [2.24, 2.45) is 0 Å². The van der Waals surface area contributed by atoms with Gasteiger partial charge in [-0.2, -0.15) is 11.1 Å². The summed E-state index contributed by atoms with van der Waals surface area (Å²) in [5.41, 5.74) is 27.4. The molecule has 0 saturated heterocycles. The van der Waals surface area contributed by atoms with Gasteiger partial charge in [0.15, 0.2) is 15.6 Å². The van der Waals surface area contributed by atoms with E-state index in [2.05, 4.69) is 144 Å². The van der Waals surface area contributed by atoms with Gasteiger partial charge in [-0.1, -0.05) is 82.1 Å². The molecule has 46 heavy (non-hydrogen) atoms. The molecule has 0 saturated carbocycles. The molecule has 2 aliphatic rings. The van der Waals surface area contributed by atoms with Gasteiger partial charge in [-0.25, -0.2) is 0 Å². The van der Waals surface area contributed by atoms with Gasteiger partial charge in [0.2, 0.25) is 0 Å². The van der Waals surface area contributed by atoms with Crippen LogP contribution in [0.25, 0.3) is 5.73 Å². The minimum absolute atomic E-state index is 0. The average molecular weight is 799 g/mol. The molecule has 2 aromatic carbocycles. The average Bonchev–Trinajstić information content (AvgIpc) is 3.23. The molecule has 0 fully saturated rings. The second-order valence-corrected chi connectivity index (χ2v) is 27.0. The van der Waals surface area contributed by atoms with Gasteiger partial charge in [-0.15, -0.1) is 5.69 Å². The number of nitrogens with one attached hydrogen (secondary N) is 2. The summed E-state index contributed by atoms with van der Waals surface area (Å²) >= 11 is 13.6. The Kier molecular flexibility index (Phi) is 15.8. The number of benzene rings is 2. The second-order valence-electron chi connectivity index (χ2n) is 14.4. The molecule has 0 atom stereocenters. The van der Waals surface area contributed by atoms with Crippen LogP contribution in [0.15, 0.2) is 77.8 Å². The molecular formula is C38H56Br2ClLiN2Si2. The molecule has 0 unspecified atom stereocenters. The smallest absolute Gasteiger partial charge is 0.698 e. The Morgan fingerprint density at radius 3 is 1.26 bits per heavy atom. The van der Waals surface area contributed by atoms with Crippen molar-refractivity contribution in [3.63, 3.8) is 0 Å². The Hall–Kier alpha value is -0.719. The van der Waals surface area contributed by atoms with Gasteiger partial charge < -0.3 is 10.7 Å². The van der Waals surface area contributed by atoms with Crippen molar-refractivity contribution in [3.05, 3.63) is 106 Å². The minimum Gasteiger partial charge on any atom is -0.698 e. The summed E-state index contributed by atoms with van der Waals surface area (Å²) in [6, 6.07) is 8.42. The summed E-state index contributed by atoms with van der Waals surface area (Å²) in [4.78, 5) is 3.95. The maximum absolute atomic E-state index is 7.49. The Bertz CT molecular complexity index is 1500. The number of rotatable bonds is 4. The predicted octanol–water partition coefficient (Wildman–Crippen LogP) is 12.0. The Morgan fingerprint density at radius 2 is 0.935 bits per heavy atom. The maximum atomic E-state index is 7.49. The molecule has 0 amide bonds. The van der Waals surface area contributed by atoms with Crippen LogP contribution < -0.4 is 23.8 Å². The third-order valence-corrected chi connectivity index (χ3v) is 17.3. The summed E-state index contributed by atoms with van der Waals surface area (Å²) in [6.45, 7) is 35.7. The summed E-state index contributed by atoms with van der Waals surface area (Å²) in [7, 11) is -3.27. The van der Waals surface area contributed by atoms with E-state index >= 15 is 0 Å². The van der Waals surface area contributed by atoms with Gasteiger partial charge in [0.05, 0.1) is 0 Å². The molecule has 248 valence electrons. The van der Waals surface area contributed by atoms with E-state index in [1.165, 1.54) is 60.3 Å². The van der Waals surface area contributed by atoms with Crippen LogP contribution in [0.1, 0.15) is 77.6 Å². The van der Waals surface area contributed by atoms with Crippen molar-refractivity contribution < 1.29 is 18.9 Å². The van der Waals surface area contributed by atoms with E-state index in [9.17, 15) is 0 Å². The topological polar surface area (TPSA) is 35.8 Å². The molecule has 2 nitrogen and oxygen atoms in total. The number of hydrogen-bond acceptors (Lipinski definition) is 1. The first-order valence-electron chi connectivity index (χ1n) is 15.9. The normalized spacial score (nSPS) is 16.0. The summed E-state index contributed by atoms with van der Waals surface area (Å²) in [5, 5.41) is 0. The molecule has 0 aliphatic heterocycles. The van der Waals surface area contributed by atoms with Crippen LogP contribution in [0.4, 0.5) is 11.4 Å². The fourth-order valence-corrected chi connectivity index (χ4v) is 16.0. The van der Waals surface area contributed by atoms with Crippen LogP contribution in [0.3, 0.4) is 0 Å². The van der Waals surface area contributed by atoms with Gasteiger partial charge in [0.1, 0.15) is 0 Å². The number of halogens is 3. The molecule has 8 heteroatoms. The number of hydrogen-bond donors (Lipinski definition) is 1. The van der Waals surface area contributed by atoms with Crippen LogP contribution in [-0.2, 0) is 0 Å². The Labute approximate surface area is 317 Å². The van der Waals surface area contributed by atoms with E-state index in [1.54, 1.807) is 11.1 Å². The zero-order valence-corrected chi connectivity index (χ0v) is 37.5. The van der Waals surface area contributed by atoms with Crippen LogP contribution in [0.2, 0.25) is 37.3 Å². The Morgan fingerprint density at radius 1 is 0.587 bits per heavy atom. The molecule has 0 radical (unpaired) electrons. The number of allylic oxidation sites excluding steroid dienone is 8. The molecular weight excluding hydrogens is 743 g/mol. The molecule has 2 N–H and O–H groups in total. The van der Waals surface area contributed by atoms with Crippen LogP contribution in [-0.4, -0.2) is 15.6 Å². The van der Waals surface area contributed by atoms with Crippen molar-refractivity contribution in [3.8, 4) is 0 Å². The third kappa shape index (κ3) is 9.93. The zero-order valence-electron chi connectivity index (χ0n) is 31.6. The molecule has 2 aromatic rings. The summed E-state index contributed by atoms with van der Waals surface area (Å²) in [6.07, 6.45) is 0. The van der Waals surface area contributed by atoms with E-state index in [4.69, 9.17) is 16.8 Å². The van der Waals surface area contributed by atoms with Gasteiger partial charge in [0, 0.05) is 25.7 Å². The van der Waals surface area contributed by atoms with Crippen molar-refractivity contribution in [2.45, 2.75) is 120 Å². The van der Waals surface area contributed by atoms with Gasteiger partial charge in [0.25, 0.3) is 0 Å². The summed E-state index contributed by atoms with van der Waals surface area (Å²) < 4.78 is 2.06. The fraction of sp³-hybridized carbons (Fsp3) is 0.474. The minimum atomic E-state index is -1.70. The fourth-order valence-electron chi connectivity index (χ4n) is 7.19. The van der Waals surface area contributed by atoms with Crippen LogP contribution >= 0.6 is 42.9 Å².